The molecule has 30 heavy (non-hydrogen) atoms. The minimum atomic E-state index is -0.158. The highest BCUT2D eigenvalue weighted by molar-refractivity contribution is 5.92. The van der Waals surface area contributed by atoms with Crippen molar-refractivity contribution in [1.29, 1.82) is 0 Å². The van der Waals surface area contributed by atoms with Crippen molar-refractivity contribution in [3.8, 4) is 5.75 Å². The topological polar surface area (TPSA) is 68.5 Å². The molecule has 2 aromatic heterocycles. The third kappa shape index (κ3) is 4.84. The van der Waals surface area contributed by atoms with E-state index in [0.29, 0.717) is 36.9 Å². The fourth-order valence-corrected chi connectivity index (χ4v) is 3.65. The number of hydrogen-bond donors (Lipinski definition) is 0. The quantitative estimate of drug-likeness (QED) is 0.611. The summed E-state index contributed by atoms with van der Waals surface area (Å²) < 4.78 is 24.7. The molecular weight excluding hydrogens is 385 g/mol. The summed E-state index contributed by atoms with van der Waals surface area (Å²) in [5, 5.41) is 3.90. The molecule has 0 unspecified atom stereocenters. The molecule has 1 fully saturated rings. The number of nitrogens with zero attached hydrogens (tertiary/aromatic N) is 3. The summed E-state index contributed by atoms with van der Waals surface area (Å²) in [6.07, 6.45) is 4.03. The van der Waals surface area contributed by atoms with Crippen LogP contribution in [0.3, 0.4) is 0 Å². The van der Waals surface area contributed by atoms with Crippen LogP contribution < -0.4 is 4.74 Å². The second-order valence-corrected chi connectivity index (χ2v) is 7.63. The van der Waals surface area contributed by atoms with E-state index in [1.54, 1.807) is 23.2 Å². The summed E-state index contributed by atoms with van der Waals surface area (Å²) in [7, 11) is 0. The Hall–Kier alpha value is -3.22. The van der Waals surface area contributed by atoms with Crippen LogP contribution in [0, 0.1) is 18.7 Å². The van der Waals surface area contributed by atoms with Crippen molar-refractivity contribution in [3.63, 3.8) is 0 Å². The number of halogens is 1. The summed E-state index contributed by atoms with van der Waals surface area (Å²) in [6.45, 7) is 3.34. The molecule has 0 aliphatic carbocycles. The Labute approximate surface area is 174 Å². The molecule has 1 aliphatic rings. The van der Waals surface area contributed by atoms with Gasteiger partial charge in [-0.05, 0) is 55.9 Å². The van der Waals surface area contributed by atoms with E-state index in [1.165, 1.54) is 6.07 Å². The SMILES string of the molecule is Cc1ccc(OCc2cc(C(=O)N3CCC(Cc4ccccc4F)CC3)no2)cn1. The van der Waals surface area contributed by atoms with Gasteiger partial charge in [-0.1, -0.05) is 23.4 Å². The zero-order valence-electron chi connectivity index (χ0n) is 16.9. The molecule has 1 aliphatic heterocycles. The van der Waals surface area contributed by atoms with Gasteiger partial charge < -0.3 is 14.2 Å². The molecule has 1 aromatic carbocycles. The van der Waals surface area contributed by atoms with Crippen molar-refractivity contribution in [2.45, 2.75) is 32.8 Å². The summed E-state index contributed by atoms with van der Waals surface area (Å²) >= 11 is 0. The van der Waals surface area contributed by atoms with E-state index >= 15 is 0 Å². The van der Waals surface area contributed by atoms with Gasteiger partial charge in [0.15, 0.2) is 11.5 Å². The van der Waals surface area contributed by atoms with Crippen LogP contribution in [0.25, 0.3) is 0 Å². The summed E-state index contributed by atoms with van der Waals surface area (Å²) in [5.74, 6) is 1.17. The van der Waals surface area contributed by atoms with Crippen LogP contribution in [0.5, 0.6) is 5.75 Å². The maximum absolute atomic E-state index is 13.9. The average Bonchev–Trinajstić information content (AvgIpc) is 3.24. The normalized spacial score (nSPS) is 14.7. The number of hydrogen-bond acceptors (Lipinski definition) is 5. The third-order valence-corrected chi connectivity index (χ3v) is 5.41. The van der Waals surface area contributed by atoms with Gasteiger partial charge in [0.2, 0.25) is 0 Å². The number of amides is 1. The maximum Gasteiger partial charge on any atom is 0.276 e. The number of ether oxygens (including phenoxy) is 1. The lowest BCUT2D eigenvalue weighted by molar-refractivity contribution is 0.0679. The van der Waals surface area contributed by atoms with Crippen molar-refractivity contribution in [2.75, 3.05) is 13.1 Å². The van der Waals surface area contributed by atoms with Crippen molar-refractivity contribution >= 4 is 5.91 Å². The number of aryl methyl sites for hydroxylation is 1. The van der Waals surface area contributed by atoms with Crippen LogP contribution in [-0.2, 0) is 13.0 Å². The molecule has 4 rings (SSSR count). The standard InChI is InChI=1S/C23H24FN3O3/c1-16-6-7-19(14-25-16)29-15-20-13-22(26-30-20)23(28)27-10-8-17(9-11-27)12-18-4-2-3-5-21(18)24/h2-7,13-14,17H,8-12,15H2,1H3. The van der Waals surface area contributed by atoms with Gasteiger partial charge in [0.05, 0.1) is 6.20 Å². The van der Waals surface area contributed by atoms with Crippen molar-refractivity contribution < 1.29 is 18.4 Å². The van der Waals surface area contributed by atoms with Crippen LogP contribution in [0.15, 0.2) is 53.2 Å². The fraction of sp³-hybridized carbons (Fsp3) is 0.348. The van der Waals surface area contributed by atoms with E-state index in [0.717, 1.165) is 24.1 Å². The molecular formula is C23H24FN3O3. The zero-order chi connectivity index (χ0) is 20.9. The first kappa shape index (κ1) is 20.1. The minimum absolute atomic E-state index is 0.147. The average molecular weight is 409 g/mol. The first-order valence-corrected chi connectivity index (χ1v) is 10.1. The van der Waals surface area contributed by atoms with Gasteiger partial charge in [-0.15, -0.1) is 0 Å². The molecule has 0 spiro atoms. The first-order chi connectivity index (χ1) is 14.6. The van der Waals surface area contributed by atoms with Gasteiger partial charge in [0.1, 0.15) is 18.2 Å². The number of pyridine rings is 1. The molecule has 0 radical (unpaired) electrons. The van der Waals surface area contributed by atoms with Crippen molar-refractivity contribution in [2.24, 2.45) is 5.92 Å². The molecule has 7 heteroatoms. The second-order valence-electron chi connectivity index (χ2n) is 7.63. The number of carbonyl (C=O) groups is 1. The Kier molecular flexibility index (Phi) is 6.07. The molecule has 1 amide bonds. The van der Waals surface area contributed by atoms with Crippen molar-refractivity contribution in [3.05, 3.63) is 77.2 Å². The van der Waals surface area contributed by atoms with Gasteiger partial charge in [0, 0.05) is 24.8 Å². The van der Waals surface area contributed by atoms with Crippen LogP contribution in [0.4, 0.5) is 4.39 Å². The van der Waals surface area contributed by atoms with E-state index in [9.17, 15) is 9.18 Å². The smallest absolute Gasteiger partial charge is 0.276 e. The number of piperidine rings is 1. The van der Waals surface area contributed by atoms with E-state index in [1.807, 2.05) is 31.2 Å². The Morgan fingerprint density at radius 1 is 1.23 bits per heavy atom. The molecule has 0 saturated carbocycles. The lowest BCUT2D eigenvalue weighted by atomic mass is 9.90. The van der Waals surface area contributed by atoms with E-state index in [4.69, 9.17) is 9.26 Å². The van der Waals surface area contributed by atoms with Gasteiger partial charge >= 0.3 is 0 Å². The lowest BCUT2D eigenvalue weighted by Crippen LogP contribution is -2.39. The van der Waals surface area contributed by atoms with Gasteiger partial charge in [-0.3, -0.25) is 9.78 Å². The summed E-state index contributed by atoms with van der Waals surface area (Å²) in [5.41, 5.74) is 1.93. The zero-order valence-corrected chi connectivity index (χ0v) is 16.9. The highest BCUT2D eigenvalue weighted by Gasteiger charge is 2.26. The van der Waals surface area contributed by atoms with Gasteiger partial charge in [0.25, 0.3) is 5.91 Å². The van der Waals surface area contributed by atoms with Crippen LogP contribution in [0.1, 0.15) is 40.3 Å². The second kappa shape index (κ2) is 9.07. The molecule has 3 heterocycles. The van der Waals surface area contributed by atoms with Crippen LogP contribution in [0.2, 0.25) is 0 Å². The summed E-state index contributed by atoms with van der Waals surface area (Å²) in [4.78, 5) is 18.7. The van der Waals surface area contributed by atoms with E-state index in [-0.39, 0.29) is 24.0 Å². The molecule has 0 atom stereocenters. The molecule has 3 aromatic rings. The highest BCUT2D eigenvalue weighted by Crippen LogP contribution is 2.24. The lowest BCUT2D eigenvalue weighted by Gasteiger charge is -2.31. The Morgan fingerprint density at radius 2 is 2.03 bits per heavy atom. The number of aromatic nitrogens is 2. The number of carbonyl (C=O) groups excluding carboxylic acids is 1. The number of likely N-dealkylation sites (tertiary alicyclic amines) is 1. The fourth-order valence-electron chi connectivity index (χ4n) is 3.65. The maximum atomic E-state index is 13.9. The first-order valence-electron chi connectivity index (χ1n) is 10.1. The predicted molar refractivity (Wildman–Crippen MR) is 109 cm³/mol. The predicted octanol–water partition coefficient (Wildman–Crippen LogP) is 4.19. The Bertz CT molecular complexity index is 995. The number of benzene rings is 1. The van der Waals surface area contributed by atoms with Crippen molar-refractivity contribution in [1.82, 2.24) is 15.0 Å². The monoisotopic (exact) mass is 409 g/mol. The van der Waals surface area contributed by atoms with E-state index < -0.39 is 0 Å². The van der Waals surface area contributed by atoms with Gasteiger partial charge in [-0.2, -0.15) is 0 Å². The van der Waals surface area contributed by atoms with Gasteiger partial charge in [-0.25, -0.2) is 4.39 Å². The molecule has 1 saturated heterocycles. The van der Waals surface area contributed by atoms with Crippen LogP contribution >= 0.6 is 0 Å². The Balaban J connectivity index is 1.28. The molecule has 0 N–H and O–H groups in total. The minimum Gasteiger partial charge on any atom is -0.484 e. The summed E-state index contributed by atoms with van der Waals surface area (Å²) in [6, 6.07) is 12.2. The number of rotatable bonds is 6. The highest BCUT2D eigenvalue weighted by atomic mass is 19.1. The molecule has 6 nitrogen and oxygen atoms in total. The largest absolute Gasteiger partial charge is 0.484 e. The third-order valence-electron chi connectivity index (χ3n) is 5.41. The van der Waals surface area contributed by atoms with Crippen LogP contribution in [-0.4, -0.2) is 34.0 Å². The molecule has 0 bridgehead atoms. The molecule has 156 valence electrons. The van der Waals surface area contributed by atoms with E-state index in [2.05, 4.69) is 10.1 Å². The Morgan fingerprint density at radius 3 is 2.77 bits per heavy atom.